The molecule has 0 saturated heterocycles. The van der Waals surface area contributed by atoms with Crippen LogP contribution in [0.4, 0.5) is 8.78 Å². The quantitative estimate of drug-likeness (QED) is 0.190. The number of ether oxygens (including phenoxy) is 2. The Morgan fingerprint density at radius 1 is 1.36 bits per heavy atom. The van der Waals surface area contributed by atoms with Crippen molar-refractivity contribution in [1.29, 1.82) is 5.41 Å². The van der Waals surface area contributed by atoms with Crippen molar-refractivity contribution < 1.29 is 23.0 Å². The maximum absolute atomic E-state index is 13.4. The number of rotatable bonds is 7. The van der Waals surface area contributed by atoms with E-state index in [4.69, 9.17) is 20.6 Å². The molecule has 2 aromatic rings. The summed E-state index contributed by atoms with van der Waals surface area (Å²) in [5.74, 6) is 5.95. The number of pyridine rings is 2. The molecule has 13 heteroatoms. The van der Waals surface area contributed by atoms with Crippen molar-refractivity contribution in [1.82, 2.24) is 20.7 Å². The van der Waals surface area contributed by atoms with Crippen molar-refractivity contribution in [3.63, 3.8) is 0 Å². The number of carbonyl (C=O) groups excluding carboxylic acids is 1. The first-order valence-corrected chi connectivity index (χ1v) is 11.8. The summed E-state index contributed by atoms with van der Waals surface area (Å²) in [7, 11) is 1.35. The van der Waals surface area contributed by atoms with Gasteiger partial charge in [0, 0.05) is 18.4 Å². The number of nitrogens with two attached hydrogens (primary N) is 1. The third kappa shape index (κ3) is 6.07. The maximum atomic E-state index is 13.4. The molecular formula is C23H23F2N7O3S. The zero-order valence-electron chi connectivity index (χ0n) is 19.3. The molecule has 10 nitrogen and oxygen atoms in total. The minimum atomic E-state index is -2.85. The van der Waals surface area contributed by atoms with Gasteiger partial charge in [-0.3, -0.25) is 26.3 Å². The molecule has 3 heterocycles. The number of thioether (sulfide) groups is 1. The maximum Gasteiger partial charge on any atom is 0.280 e. The summed E-state index contributed by atoms with van der Waals surface area (Å²) in [5.41, 5.74) is 8.10. The molecule has 2 aromatic heterocycles. The zero-order valence-corrected chi connectivity index (χ0v) is 20.2. The van der Waals surface area contributed by atoms with E-state index in [9.17, 15) is 13.6 Å². The Morgan fingerprint density at radius 2 is 2.14 bits per heavy atom. The van der Waals surface area contributed by atoms with Crippen LogP contribution >= 0.6 is 11.8 Å². The van der Waals surface area contributed by atoms with Gasteiger partial charge in [-0.1, -0.05) is 5.92 Å². The van der Waals surface area contributed by atoms with Crippen LogP contribution in [0.15, 0.2) is 29.5 Å². The molecule has 2 atom stereocenters. The molecule has 0 spiro atoms. The fourth-order valence-electron chi connectivity index (χ4n) is 3.19. The van der Waals surface area contributed by atoms with Gasteiger partial charge in [-0.25, -0.2) is 13.8 Å². The van der Waals surface area contributed by atoms with Crippen LogP contribution in [0.25, 0.3) is 11.3 Å². The molecule has 0 radical (unpaired) electrons. The second-order valence-corrected chi connectivity index (χ2v) is 8.99. The van der Waals surface area contributed by atoms with Crippen LogP contribution in [0.2, 0.25) is 0 Å². The largest absolute Gasteiger partial charge is 0.494 e. The lowest BCUT2D eigenvalue weighted by Crippen LogP contribution is -2.39. The standard InChI is InChI=1S/C23H23F2N7O3S/c1-11(26)35-21(27)15-7-6-13(19(29-15)14-9-16(20(24)25)28-10-17(14)34-2)22(33)30-23-32-31-18(36-23)8-5-12-3-4-12/h6-7,9-10,12,20-21,23,26,32H,3-4,27H2,1-2H3,(H,30,33). The highest BCUT2D eigenvalue weighted by Gasteiger charge is 2.26. The average Bonchev–Trinajstić information content (AvgIpc) is 3.58. The molecule has 1 saturated carbocycles. The molecule has 4 rings (SSSR count). The second-order valence-electron chi connectivity index (χ2n) is 7.90. The number of methoxy groups -OCH3 is 1. The van der Waals surface area contributed by atoms with E-state index >= 15 is 0 Å². The van der Waals surface area contributed by atoms with E-state index in [-0.39, 0.29) is 34.2 Å². The van der Waals surface area contributed by atoms with Gasteiger partial charge in [0.1, 0.15) is 11.4 Å². The first kappa shape index (κ1) is 25.3. The summed E-state index contributed by atoms with van der Waals surface area (Å²) in [6.07, 6.45) is -0.659. The van der Waals surface area contributed by atoms with Gasteiger partial charge in [0.15, 0.2) is 22.7 Å². The van der Waals surface area contributed by atoms with Crippen molar-refractivity contribution in [2.24, 2.45) is 16.8 Å². The number of carbonyl (C=O) groups is 1. The van der Waals surface area contributed by atoms with Crippen LogP contribution in [0, 0.1) is 23.2 Å². The van der Waals surface area contributed by atoms with E-state index < -0.39 is 29.8 Å². The Bertz CT molecular complexity index is 1270. The third-order valence-electron chi connectivity index (χ3n) is 5.08. The zero-order chi connectivity index (χ0) is 25.8. The van der Waals surface area contributed by atoms with E-state index in [1.54, 1.807) is 0 Å². The van der Waals surface area contributed by atoms with Gasteiger partial charge in [-0.15, -0.1) is 0 Å². The van der Waals surface area contributed by atoms with Gasteiger partial charge in [-0.2, -0.15) is 5.10 Å². The van der Waals surface area contributed by atoms with Gasteiger partial charge in [0.05, 0.1) is 30.3 Å². The van der Waals surface area contributed by atoms with Crippen molar-refractivity contribution in [2.75, 3.05) is 7.11 Å². The molecule has 1 aliphatic carbocycles. The van der Waals surface area contributed by atoms with Gasteiger partial charge in [-0.05, 0) is 48.7 Å². The number of nitrogens with zero attached hydrogens (tertiary/aromatic N) is 3. The second kappa shape index (κ2) is 10.9. The van der Waals surface area contributed by atoms with Gasteiger partial charge in [0.2, 0.25) is 0 Å². The minimum Gasteiger partial charge on any atom is -0.494 e. The third-order valence-corrected chi connectivity index (χ3v) is 5.95. The molecule has 0 bridgehead atoms. The number of amides is 1. The van der Waals surface area contributed by atoms with Crippen molar-refractivity contribution in [2.45, 2.75) is 37.9 Å². The summed E-state index contributed by atoms with van der Waals surface area (Å²) in [5, 5.41) is 15.0. The first-order chi connectivity index (χ1) is 17.2. The minimum absolute atomic E-state index is 0.0329. The van der Waals surface area contributed by atoms with E-state index in [2.05, 4.69) is 37.7 Å². The number of hydrogen-bond donors (Lipinski definition) is 4. The van der Waals surface area contributed by atoms with Gasteiger partial charge in [0.25, 0.3) is 12.3 Å². The number of halogens is 2. The fourth-order valence-corrected chi connectivity index (χ4v) is 3.91. The van der Waals surface area contributed by atoms with E-state index in [0.29, 0.717) is 11.0 Å². The highest BCUT2D eigenvalue weighted by Crippen LogP contribution is 2.34. The Hall–Kier alpha value is -3.76. The SMILES string of the molecule is COc1cnc(C(F)F)cc1-c1nc(C(N)OC(C)=N)ccc1C(=O)NC1NN=C(C#CC2CC2)S1. The monoisotopic (exact) mass is 515 g/mol. The smallest absolute Gasteiger partial charge is 0.280 e. The average molecular weight is 516 g/mol. The van der Waals surface area contributed by atoms with E-state index in [1.165, 1.54) is 37.9 Å². The van der Waals surface area contributed by atoms with Gasteiger partial charge < -0.3 is 14.8 Å². The van der Waals surface area contributed by atoms with Crippen LogP contribution in [-0.4, -0.2) is 39.4 Å². The summed E-state index contributed by atoms with van der Waals surface area (Å²) in [6.45, 7) is 1.40. The number of alkyl halides is 2. The predicted octanol–water partition coefficient (Wildman–Crippen LogP) is 3.14. The molecule has 2 aliphatic rings. The summed E-state index contributed by atoms with van der Waals surface area (Å²) >= 11 is 1.25. The van der Waals surface area contributed by atoms with Crippen molar-refractivity contribution in [3.05, 3.63) is 41.3 Å². The molecule has 1 fully saturated rings. The van der Waals surface area contributed by atoms with E-state index in [0.717, 1.165) is 25.1 Å². The number of hydrazone groups is 1. The predicted molar refractivity (Wildman–Crippen MR) is 130 cm³/mol. The van der Waals surface area contributed by atoms with Crippen LogP contribution in [-0.2, 0) is 4.74 Å². The van der Waals surface area contributed by atoms with Crippen molar-refractivity contribution in [3.8, 4) is 28.8 Å². The molecule has 5 N–H and O–H groups in total. The Labute approximate surface area is 209 Å². The highest BCUT2D eigenvalue weighted by atomic mass is 32.2. The summed E-state index contributed by atoms with van der Waals surface area (Å²) in [4.78, 5) is 21.4. The van der Waals surface area contributed by atoms with Crippen LogP contribution < -0.4 is 21.2 Å². The topological polar surface area (TPSA) is 148 Å². The molecule has 0 aromatic carbocycles. The lowest BCUT2D eigenvalue weighted by Gasteiger charge is -2.18. The van der Waals surface area contributed by atoms with Crippen LogP contribution in [0.5, 0.6) is 5.75 Å². The number of aromatic nitrogens is 2. The first-order valence-electron chi connectivity index (χ1n) is 10.9. The molecular weight excluding hydrogens is 492 g/mol. The Kier molecular flexibility index (Phi) is 7.66. The molecule has 1 aliphatic heterocycles. The van der Waals surface area contributed by atoms with E-state index in [1.807, 2.05) is 0 Å². The summed E-state index contributed by atoms with van der Waals surface area (Å²) < 4.78 is 37.4. The van der Waals surface area contributed by atoms with Crippen molar-refractivity contribution >= 4 is 28.6 Å². The Morgan fingerprint density at radius 3 is 2.81 bits per heavy atom. The van der Waals surface area contributed by atoms with Gasteiger partial charge >= 0.3 is 0 Å². The lowest BCUT2D eigenvalue weighted by atomic mass is 10.0. The van der Waals surface area contributed by atoms with Crippen LogP contribution in [0.1, 0.15) is 54.2 Å². The molecule has 2 unspecified atom stereocenters. The molecule has 36 heavy (non-hydrogen) atoms. The lowest BCUT2D eigenvalue weighted by molar-refractivity contribution is 0.0946. The molecule has 1 amide bonds. The fraction of sp³-hybridized carbons (Fsp3) is 0.348. The molecule has 188 valence electrons. The number of nitrogens with one attached hydrogen (secondary N) is 3. The van der Waals surface area contributed by atoms with Crippen LogP contribution in [0.3, 0.4) is 0 Å². The number of hydrogen-bond acceptors (Lipinski definition) is 10. The summed E-state index contributed by atoms with van der Waals surface area (Å²) in [6, 6.07) is 4.02. The highest BCUT2D eigenvalue weighted by molar-refractivity contribution is 8.15. The normalized spacial score (nSPS) is 17.4. The Balaban J connectivity index is 1.66.